The predicted octanol–water partition coefficient (Wildman–Crippen LogP) is 8.06. The molecule has 0 aliphatic heterocycles. The maximum atomic E-state index is 11.9. The summed E-state index contributed by atoms with van der Waals surface area (Å²) >= 11 is 0. The number of Topliss-reactive ketones (excluding diaryl/α,β-unsaturated/α-hetero) is 1. The summed E-state index contributed by atoms with van der Waals surface area (Å²) in [5, 5.41) is 4.44. The Morgan fingerprint density at radius 3 is 1.36 bits per heavy atom. The van der Waals surface area contributed by atoms with Gasteiger partial charge in [-0.3, -0.25) is 29.5 Å². The third kappa shape index (κ3) is 6.20. The van der Waals surface area contributed by atoms with E-state index in [-0.39, 0.29) is 0 Å². The number of hydrogen-bond acceptors (Lipinski definition) is 6. The number of carbonyl (C=O) groups excluding carboxylic acids is 2. The Morgan fingerprint density at radius 1 is 0.386 bits per heavy atom. The molecule has 210 valence electrons. The van der Waals surface area contributed by atoms with Gasteiger partial charge in [-0.05, 0) is 93.9 Å². The van der Waals surface area contributed by atoms with Crippen molar-refractivity contribution in [2.75, 3.05) is 0 Å². The summed E-state index contributed by atoms with van der Waals surface area (Å²) in [4.78, 5) is 40.1. The number of carbonyl (C=O) groups is 2. The largest absolute Gasteiger partial charge is 0.286 e. The van der Waals surface area contributed by atoms with Gasteiger partial charge in [0.1, 0.15) is 0 Å². The molecule has 0 radical (unpaired) electrons. The Hall–Kier alpha value is -6.14. The standard InChI is InChI=1S/C18H10O2.2C10H8N2/c19-17-10-9-15-14-6-5-11-3-1-2-4-12(11)13(14)7-8-16(15)18(17)20;2*1-3-7-11-9(5-1)10-6-2-4-8-12-10/h1-10H;2*1-8H. The topological polar surface area (TPSA) is 85.7 Å². The number of rotatable bonds is 2. The van der Waals surface area contributed by atoms with E-state index in [1.54, 1.807) is 36.9 Å². The fourth-order valence-corrected chi connectivity index (χ4v) is 4.91. The van der Waals surface area contributed by atoms with Gasteiger partial charge < -0.3 is 0 Å². The van der Waals surface area contributed by atoms with Crippen LogP contribution < -0.4 is 0 Å². The monoisotopic (exact) mass is 570 g/mol. The van der Waals surface area contributed by atoms with Crippen LogP contribution in [0, 0.1) is 0 Å². The Kier molecular flexibility index (Phi) is 8.42. The number of allylic oxidation sites excluding steroid dienone is 1. The lowest BCUT2D eigenvalue weighted by atomic mass is 9.89. The van der Waals surface area contributed by atoms with Gasteiger partial charge in [0, 0.05) is 30.4 Å². The normalized spacial score (nSPS) is 11.6. The third-order valence-corrected chi connectivity index (χ3v) is 7.02. The van der Waals surface area contributed by atoms with Crippen molar-refractivity contribution in [3.05, 3.63) is 163 Å². The summed E-state index contributed by atoms with van der Waals surface area (Å²) in [5.74, 6) is -0.866. The van der Waals surface area contributed by atoms with Crippen LogP contribution in [0.1, 0.15) is 15.9 Å². The molecule has 0 N–H and O–H groups in total. The Morgan fingerprint density at radius 2 is 0.864 bits per heavy atom. The Bertz CT molecular complexity index is 1930. The molecule has 4 aromatic heterocycles. The summed E-state index contributed by atoms with van der Waals surface area (Å²) in [6, 6.07) is 39.1. The van der Waals surface area contributed by atoms with Crippen LogP contribution in [0.5, 0.6) is 0 Å². The lowest BCUT2D eigenvalue weighted by Crippen LogP contribution is -2.16. The van der Waals surface area contributed by atoms with E-state index in [4.69, 9.17) is 0 Å². The van der Waals surface area contributed by atoms with Crippen molar-refractivity contribution in [1.29, 1.82) is 0 Å². The molecule has 0 saturated heterocycles. The average molecular weight is 571 g/mol. The quantitative estimate of drug-likeness (QED) is 0.154. The van der Waals surface area contributed by atoms with E-state index < -0.39 is 11.6 Å². The number of aromatic nitrogens is 4. The first-order chi connectivity index (χ1) is 21.7. The maximum Gasteiger partial charge on any atom is 0.233 e. The minimum atomic E-state index is -0.447. The van der Waals surface area contributed by atoms with Crippen molar-refractivity contribution in [2.24, 2.45) is 0 Å². The van der Waals surface area contributed by atoms with Crippen molar-refractivity contribution in [3.63, 3.8) is 0 Å². The molecule has 0 spiro atoms. The highest BCUT2D eigenvalue weighted by Gasteiger charge is 2.22. The highest BCUT2D eigenvalue weighted by Crippen LogP contribution is 2.32. The molecule has 44 heavy (non-hydrogen) atoms. The highest BCUT2D eigenvalue weighted by atomic mass is 16.2. The fourth-order valence-electron chi connectivity index (χ4n) is 4.91. The molecule has 0 amide bonds. The van der Waals surface area contributed by atoms with Crippen LogP contribution in [0.3, 0.4) is 0 Å². The highest BCUT2D eigenvalue weighted by molar-refractivity contribution is 6.50. The minimum absolute atomic E-state index is 0.419. The lowest BCUT2D eigenvalue weighted by molar-refractivity contribution is -0.110. The summed E-state index contributed by atoms with van der Waals surface area (Å²) in [6.45, 7) is 0. The molecule has 7 aromatic rings. The van der Waals surface area contributed by atoms with Crippen LogP contribution >= 0.6 is 0 Å². The van der Waals surface area contributed by atoms with Crippen LogP contribution in [-0.2, 0) is 4.79 Å². The van der Waals surface area contributed by atoms with Gasteiger partial charge in [-0.1, -0.05) is 66.7 Å². The van der Waals surface area contributed by atoms with Gasteiger partial charge in [-0.2, -0.15) is 0 Å². The number of benzene rings is 3. The van der Waals surface area contributed by atoms with Gasteiger partial charge in [-0.15, -0.1) is 0 Å². The summed E-state index contributed by atoms with van der Waals surface area (Å²) in [5.41, 5.74) is 5.01. The predicted molar refractivity (Wildman–Crippen MR) is 175 cm³/mol. The Labute approximate surface area is 254 Å². The molecular weight excluding hydrogens is 544 g/mol. The van der Waals surface area contributed by atoms with Gasteiger partial charge in [0.25, 0.3) is 0 Å². The molecular formula is C38H26N4O2. The second-order valence-corrected chi connectivity index (χ2v) is 9.80. The van der Waals surface area contributed by atoms with E-state index in [0.717, 1.165) is 44.5 Å². The number of fused-ring (bicyclic) bond motifs is 5. The SMILES string of the molecule is O=C1C=Cc2c(ccc3c2ccc2ccccc23)C1=O.c1ccc(-c2ccccn2)nc1.c1ccc(-c2ccccn2)nc1. The van der Waals surface area contributed by atoms with Crippen molar-refractivity contribution >= 4 is 39.2 Å². The van der Waals surface area contributed by atoms with Gasteiger partial charge in [0.05, 0.1) is 22.8 Å². The molecule has 6 nitrogen and oxygen atoms in total. The van der Waals surface area contributed by atoms with Crippen LogP contribution in [0.2, 0.25) is 0 Å². The van der Waals surface area contributed by atoms with E-state index in [9.17, 15) is 9.59 Å². The van der Waals surface area contributed by atoms with Crippen LogP contribution in [0.25, 0.3) is 50.4 Å². The second kappa shape index (κ2) is 13.2. The molecule has 4 heterocycles. The van der Waals surface area contributed by atoms with Gasteiger partial charge in [0.2, 0.25) is 11.6 Å². The number of nitrogens with zero attached hydrogens (tertiary/aromatic N) is 4. The molecule has 1 aliphatic carbocycles. The molecule has 0 atom stereocenters. The molecule has 0 unspecified atom stereocenters. The molecule has 0 fully saturated rings. The van der Waals surface area contributed by atoms with Crippen molar-refractivity contribution in [3.8, 4) is 22.8 Å². The zero-order valence-electron chi connectivity index (χ0n) is 23.6. The van der Waals surface area contributed by atoms with E-state index in [2.05, 4.69) is 32.1 Å². The van der Waals surface area contributed by atoms with Crippen LogP contribution in [-0.4, -0.2) is 31.5 Å². The van der Waals surface area contributed by atoms with Crippen molar-refractivity contribution in [1.82, 2.24) is 19.9 Å². The summed E-state index contributed by atoms with van der Waals surface area (Å²) in [6.07, 6.45) is 10.2. The summed E-state index contributed by atoms with van der Waals surface area (Å²) in [7, 11) is 0. The number of pyridine rings is 4. The lowest BCUT2D eigenvalue weighted by Gasteiger charge is -2.13. The van der Waals surface area contributed by atoms with E-state index >= 15 is 0 Å². The zero-order valence-corrected chi connectivity index (χ0v) is 23.6. The fraction of sp³-hybridized carbons (Fsp3) is 0. The average Bonchev–Trinajstić information content (AvgIpc) is 3.11. The summed E-state index contributed by atoms with van der Waals surface area (Å²) < 4.78 is 0. The van der Waals surface area contributed by atoms with E-state index in [1.807, 2.05) is 103 Å². The van der Waals surface area contributed by atoms with Gasteiger partial charge >= 0.3 is 0 Å². The molecule has 0 saturated carbocycles. The first-order valence-electron chi connectivity index (χ1n) is 14.0. The maximum absolute atomic E-state index is 11.9. The van der Waals surface area contributed by atoms with Crippen LogP contribution in [0.4, 0.5) is 0 Å². The first-order valence-corrected chi connectivity index (χ1v) is 14.0. The van der Waals surface area contributed by atoms with Crippen LogP contribution in [0.15, 0.2) is 152 Å². The van der Waals surface area contributed by atoms with E-state index in [1.165, 1.54) is 11.5 Å². The number of ketones is 2. The second-order valence-electron chi connectivity index (χ2n) is 9.80. The third-order valence-electron chi connectivity index (χ3n) is 7.02. The molecule has 3 aromatic carbocycles. The van der Waals surface area contributed by atoms with Gasteiger partial charge in [-0.25, -0.2) is 0 Å². The first kappa shape index (κ1) is 28.0. The number of hydrogen-bond donors (Lipinski definition) is 0. The molecule has 1 aliphatic rings. The molecule has 8 rings (SSSR count). The van der Waals surface area contributed by atoms with Crippen molar-refractivity contribution in [2.45, 2.75) is 0 Å². The minimum Gasteiger partial charge on any atom is -0.286 e. The molecule has 6 heteroatoms. The zero-order chi connectivity index (χ0) is 30.1. The smallest absolute Gasteiger partial charge is 0.233 e. The molecule has 0 bridgehead atoms. The Balaban J connectivity index is 0.000000124. The van der Waals surface area contributed by atoms with Gasteiger partial charge in [0.15, 0.2) is 0 Å². The van der Waals surface area contributed by atoms with E-state index in [0.29, 0.717) is 5.56 Å². The van der Waals surface area contributed by atoms with Crippen molar-refractivity contribution < 1.29 is 9.59 Å².